The molecule has 140 valence electrons. The summed E-state index contributed by atoms with van der Waals surface area (Å²) >= 11 is 0. The van der Waals surface area contributed by atoms with Gasteiger partial charge in [0.05, 0.1) is 5.41 Å². The summed E-state index contributed by atoms with van der Waals surface area (Å²) in [5.41, 5.74) is 2.41. The molecule has 1 amide bonds. The minimum Gasteiger partial charge on any atom is -0.373 e. The molecule has 2 heterocycles. The van der Waals surface area contributed by atoms with Crippen molar-refractivity contribution >= 4 is 36.4 Å². The second-order valence-electron chi connectivity index (χ2n) is 7.51. The fraction of sp³-hybridized carbons (Fsp3) is 0.632. The second kappa shape index (κ2) is 8.15. The molecule has 0 aromatic heterocycles. The summed E-state index contributed by atoms with van der Waals surface area (Å²) in [6.07, 6.45) is 4.77. The number of nitrogens with zero attached hydrogens (tertiary/aromatic N) is 2. The molecular formula is C19H29Cl2N3O. The number of halogens is 2. The number of fused-ring (bicyclic) bond motifs is 2. The molecule has 0 spiro atoms. The zero-order valence-corrected chi connectivity index (χ0v) is 16.5. The zero-order chi connectivity index (χ0) is 15.9. The molecule has 2 atom stereocenters. The van der Waals surface area contributed by atoms with Crippen LogP contribution in [0.15, 0.2) is 24.3 Å². The van der Waals surface area contributed by atoms with Crippen LogP contribution in [0, 0.1) is 11.3 Å². The number of para-hydroxylation sites is 1. The van der Waals surface area contributed by atoms with E-state index in [4.69, 9.17) is 0 Å². The van der Waals surface area contributed by atoms with Crippen molar-refractivity contribution in [1.29, 1.82) is 0 Å². The predicted molar refractivity (Wildman–Crippen MR) is 107 cm³/mol. The van der Waals surface area contributed by atoms with Gasteiger partial charge in [0.15, 0.2) is 0 Å². The van der Waals surface area contributed by atoms with E-state index in [2.05, 4.69) is 46.4 Å². The topological polar surface area (TPSA) is 35.6 Å². The number of benzene rings is 1. The van der Waals surface area contributed by atoms with Crippen LogP contribution in [0.4, 0.5) is 5.69 Å². The smallest absolute Gasteiger partial charge is 0.230 e. The number of hydrogen-bond acceptors (Lipinski definition) is 3. The molecule has 0 radical (unpaired) electrons. The maximum atomic E-state index is 13.5. The van der Waals surface area contributed by atoms with Gasteiger partial charge in [0.25, 0.3) is 0 Å². The summed E-state index contributed by atoms with van der Waals surface area (Å²) in [6.45, 7) is 4.41. The first kappa shape index (κ1) is 20.3. The van der Waals surface area contributed by atoms with Crippen LogP contribution in [0.2, 0.25) is 0 Å². The lowest BCUT2D eigenvalue weighted by Crippen LogP contribution is -2.50. The Kier molecular flexibility index (Phi) is 6.63. The summed E-state index contributed by atoms with van der Waals surface area (Å²) in [7, 11) is 2.13. The molecule has 4 rings (SSSR count). The number of anilines is 1. The van der Waals surface area contributed by atoms with Crippen LogP contribution >= 0.6 is 24.8 Å². The van der Waals surface area contributed by atoms with E-state index in [1.807, 2.05) is 0 Å². The molecule has 4 nitrogen and oxygen atoms in total. The Morgan fingerprint density at radius 3 is 2.84 bits per heavy atom. The van der Waals surface area contributed by atoms with E-state index in [0.29, 0.717) is 11.8 Å². The van der Waals surface area contributed by atoms with Gasteiger partial charge in [-0.1, -0.05) is 31.0 Å². The van der Waals surface area contributed by atoms with Crippen LogP contribution in [-0.4, -0.2) is 44.0 Å². The van der Waals surface area contributed by atoms with Gasteiger partial charge in [0.1, 0.15) is 0 Å². The molecule has 6 heteroatoms. The zero-order valence-electron chi connectivity index (χ0n) is 14.9. The predicted octanol–water partition coefficient (Wildman–Crippen LogP) is 3.09. The normalized spacial score (nSPS) is 28.1. The fourth-order valence-electron chi connectivity index (χ4n) is 4.85. The number of nitrogens with one attached hydrogen (secondary N) is 1. The Morgan fingerprint density at radius 2 is 2.00 bits per heavy atom. The molecular weight excluding hydrogens is 357 g/mol. The molecule has 2 fully saturated rings. The highest BCUT2D eigenvalue weighted by Gasteiger charge is 2.51. The molecule has 0 bridgehead atoms. The third-order valence-electron chi connectivity index (χ3n) is 6.22. The highest BCUT2D eigenvalue weighted by molar-refractivity contribution is 5.86. The number of hydrogen-bond donors (Lipinski definition) is 1. The largest absolute Gasteiger partial charge is 0.373 e. The first-order valence-electron chi connectivity index (χ1n) is 9.00. The van der Waals surface area contributed by atoms with Gasteiger partial charge in [0.2, 0.25) is 5.91 Å². The molecule has 2 aliphatic heterocycles. The van der Waals surface area contributed by atoms with Crippen molar-refractivity contribution in [2.75, 3.05) is 38.1 Å². The molecule has 3 aliphatic rings. The van der Waals surface area contributed by atoms with Gasteiger partial charge >= 0.3 is 0 Å². The monoisotopic (exact) mass is 385 g/mol. The molecule has 0 unspecified atom stereocenters. The van der Waals surface area contributed by atoms with Crippen LogP contribution in [0.25, 0.3) is 0 Å². The van der Waals surface area contributed by atoms with E-state index < -0.39 is 0 Å². The van der Waals surface area contributed by atoms with Gasteiger partial charge < -0.3 is 15.1 Å². The van der Waals surface area contributed by atoms with Crippen LogP contribution < -0.4 is 10.2 Å². The summed E-state index contributed by atoms with van der Waals surface area (Å²) in [5, 5.41) is 3.51. The van der Waals surface area contributed by atoms with Crippen LogP contribution in [0.5, 0.6) is 0 Å². The van der Waals surface area contributed by atoms with Gasteiger partial charge in [-0.3, -0.25) is 4.79 Å². The van der Waals surface area contributed by atoms with E-state index >= 15 is 0 Å². The van der Waals surface area contributed by atoms with E-state index in [-0.39, 0.29) is 30.2 Å². The van der Waals surface area contributed by atoms with Crippen LogP contribution in [0.1, 0.15) is 31.2 Å². The standard InChI is InChI=1S/C19H27N3O.2ClH/c1-21-10-11-22(13-15-6-2-3-8-17(15)21)18(23)19-9-5-4-7-16(19)12-20-14-19;;/h2-3,6,8,16,20H,4-5,7,9-14H2,1H3;2*1H/t16-,19+;;/m0../s1. The maximum Gasteiger partial charge on any atom is 0.230 e. The van der Waals surface area contributed by atoms with Crippen molar-refractivity contribution in [3.05, 3.63) is 29.8 Å². The fourth-order valence-corrected chi connectivity index (χ4v) is 4.85. The Bertz CT molecular complexity index is 612. The number of carbonyl (C=O) groups is 1. The number of likely N-dealkylation sites (N-methyl/N-ethyl adjacent to an activating group) is 1. The first-order valence-corrected chi connectivity index (χ1v) is 9.00. The van der Waals surface area contributed by atoms with Crippen molar-refractivity contribution in [1.82, 2.24) is 10.2 Å². The molecule has 1 aromatic carbocycles. The molecule has 25 heavy (non-hydrogen) atoms. The number of rotatable bonds is 1. The van der Waals surface area contributed by atoms with Crippen LogP contribution in [0.3, 0.4) is 0 Å². The minimum absolute atomic E-state index is 0. The molecule has 1 N–H and O–H groups in total. The lowest BCUT2D eigenvalue weighted by Gasteiger charge is -2.40. The van der Waals surface area contributed by atoms with Gasteiger partial charge in [-0.2, -0.15) is 0 Å². The maximum absolute atomic E-state index is 13.5. The SMILES string of the molecule is CN1CCN(C(=O)[C@@]23CCCC[C@H]2CNC3)Cc2ccccc21.Cl.Cl. The Labute approximate surface area is 163 Å². The highest BCUT2D eigenvalue weighted by atomic mass is 35.5. The van der Waals surface area contributed by atoms with E-state index in [0.717, 1.165) is 39.1 Å². The van der Waals surface area contributed by atoms with Gasteiger partial charge in [-0.25, -0.2) is 0 Å². The first-order chi connectivity index (χ1) is 11.2. The van der Waals surface area contributed by atoms with Gasteiger partial charge in [-0.15, -0.1) is 24.8 Å². The van der Waals surface area contributed by atoms with Gasteiger partial charge in [0, 0.05) is 38.9 Å². The molecule has 1 saturated carbocycles. The number of amides is 1. The Morgan fingerprint density at radius 1 is 1.20 bits per heavy atom. The average Bonchev–Trinajstić information content (AvgIpc) is 2.95. The van der Waals surface area contributed by atoms with Crippen molar-refractivity contribution in [3.63, 3.8) is 0 Å². The molecule has 1 saturated heterocycles. The van der Waals surface area contributed by atoms with Crippen LogP contribution in [-0.2, 0) is 11.3 Å². The molecule has 1 aromatic rings. The third-order valence-corrected chi connectivity index (χ3v) is 6.22. The summed E-state index contributed by atoms with van der Waals surface area (Å²) < 4.78 is 0. The van der Waals surface area contributed by atoms with E-state index in [1.165, 1.54) is 30.5 Å². The molecule has 1 aliphatic carbocycles. The van der Waals surface area contributed by atoms with Gasteiger partial charge in [-0.05, 0) is 36.9 Å². The third kappa shape index (κ3) is 3.49. The highest BCUT2D eigenvalue weighted by Crippen LogP contribution is 2.45. The Hall–Kier alpha value is -0.970. The van der Waals surface area contributed by atoms with E-state index in [1.54, 1.807) is 0 Å². The quantitative estimate of drug-likeness (QED) is 0.806. The summed E-state index contributed by atoms with van der Waals surface area (Å²) in [5.74, 6) is 0.942. The second-order valence-corrected chi connectivity index (χ2v) is 7.51. The Balaban J connectivity index is 0.00000113. The number of carbonyl (C=O) groups excluding carboxylic acids is 1. The lowest BCUT2D eigenvalue weighted by atomic mass is 9.67. The van der Waals surface area contributed by atoms with Crippen molar-refractivity contribution in [2.24, 2.45) is 11.3 Å². The van der Waals surface area contributed by atoms with Crippen molar-refractivity contribution in [3.8, 4) is 0 Å². The summed E-state index contributed by atoms with van der Waals surface area (Å²) in [4.78, 5) is 17.9. The summed E-state index contributed by atoms with van der Waals surface area (Å²) in [6, 6.07) is 8.51. The van der Waals surface area contributed by atoms with E-state index in [9.17, 15) is 4.79 Å². The lowest BCUT2D eigenvalue weighted by molar-refractivity contribution is -0.145. The van der Waals surface area contributed by atoms with Crippen molar-refractivity contribution in [2.45, 2.75) is 32.2 Å². The minimum atomic E-state index is -0.129. The average molecular weight is 386 g/mol. The van der Waals surface area contributed by atoms with Crippen molar-refractivity contribution < 1.29 is 4.79 Å².